The van der Waals surface area contributed by atoms with Crippen molar-refractivity contribution in [3.8, 4) is 17.0 Å². The van der Waals surface area contributed by atoms with E-state index < -0.39 is 0 Å². The van der Waals surface area contributed by atoms with Crippen LogP contribution in [0.25, 0.3) is 11.3 Å². The molecule has 0 saturated heterocycles. The number of amides is 1. The third-order valence-electron chi connectivity index (χ3n) is 5.48. The number of hydrogen-bond acceptors (Lipinski definition) is 7. The molecule has 7 nitrogen and oxygen atoms in total. The lowest BCUT2D eigenvalue weighted by Gasteiger charge is -2.21. The van der Waals surface area contributed by atoms with Crippen LogP contribution in [0, 0.1) is 0 Å². The van der Waals surface area contributed by atoms with Crippen LogP contribution in [0.4, 0.5) is 16.5 Å². The van der Waals surface area contributed by atoms with Gasteiger partial charge in [0.15, 0.2) is 5.13 Å². The Bertz CT molecular complexity index is 1300. The highest BCUT2D eigenvalue weighted by molar-refractivity contribution is 7.14. The molecule has 0 saturated carbocycles. The van der Waals surface area contributed by atoms with E-state index in [0.29, 0.717) is 11.1 Å². The maximum atomic E-state index is 12.4. The maximum Gasteiger partial charge on any atom is 0.271 e. The van der Waals surface area contributed by atoms with Crippen molar-refractivity contribution in [1.82, 2.24) is 10.4 Å². The quantitative estimate of drug-likeness (QED) is 0.204. The number of carbonyl (C=O) groups excluding carboxylic acids is 1. The Morgan fingerprint density at radius 2 is 1.80 bits per heavy atom. The molecular formula is C27H27N5O2S. The summed E-state index contributed by atoms with van der Waals surface area (Å²) in [5.74, 6) is -0.229. The summed E-state index contributed by atoms with van der Waals surface area (Å²) in [4.78, 5) is 19.2. The van der Waals surface area contributed by atoms with Gasteiger partial charge in [0.05, 0.1) is 11.9 Å². The van der Waals surface area contributed by atoms with E-state index >= 15 is 0 Å². The summed E-state index contributed by atoms with van der Waals surface area (Å²) >= 11 is 1.52. The van der Waals surface area contributed by atoms with Gasteiger partial charge >= 0.3 is 0 Å². The number of phenolic OH excluding ortho intramolecular Hbond substituents is 1. The van der Waals surface area contributed by atoms with Crippen molar-refractivity contribution in [3.05, 3.63) is 89.3 Å². The van der Waals surface area contributed by atoms with E-state index in [9.17, 15) is 9.90 Å². The topological polar surface area (TPSA) is 89.9 Å². The number of benzene rings is 3. The molecule has 3 aromatic carbocycles. The molecule has 4 aromatic rings. The Labute approximate surface area is 208 Å². The molecule has 1 aromatic heterocycles. The summed E-state index contributed by atoms with van der Waals surface area (Å²) in [7, 11) is 0. The first-order valence-corrected chi connectivity index (χ1v) is 12.2. The monoisotopic (exact) mass is 485 g/mol. The molecule has 8 heteroatoms. The summed E-state index contributed by atoms with van der Waals surface area (Å²) in [5.41, 5.74) is 7.26. The van der Waals surface area contributed by atoms with Gasteiger partial charge in [-0.3, -0.25) is 4.79 Å². The van der Waals surface area contributed by atoms with Gasteiger partial charge in [0.25, 0.3) is 5.91 Å². The minimum Gasteiger partial charge on any atom is -0.507 e. The molecule has 0 fully saturated rings. The smallest absolute Gasteiger partial charge is 0.271 e. The van der Waals surface area contributed by atoms with Crippen molar-refractivity contribution >= 4 is 40.0 Å². The first kappa shape index (κ1) is 24.0. The zero-order valence-corrected chi connectivity index (χ0v) is 20.4. The number of hydrazone groups is 1. The van der Waals surface area contributed by atoms with Gasteiger partial charge in [-0.25, -0.2) is 10.4 Å². The SMILES string of the molecule is CCN(CC)c1ccc(/C=N/NC(=O)c2ccc(Nc3nc(-c4ccccc4)cs3)cc2)c(O)c1. The molecular weight excluding hydrogens is 458 g/mol. The molecule has 1 amide bonds. The molecule has 178 valence electrons. The van der Waals surface area contributed by atoms with Crippen molar-refractivity contribution in [3.63, 3.8) is 0 Å². The second-order valence-electron chi connectivity index (χ2n) is 7.72. The average Bonchev–Trinajstić information content (AvgIpc) is 3.35. The lowest BCUT2D eigenvalue weighted by atomic mass is 10.2. The lowest BCUT2D eigenvalue weighted by Crippen LogP contribution is -2.21. The third-order valence-corrected chi connectivity index (χ3v) is 6.24. The Balaban J connectivity index is 1.34. The van der Waals surface area contributed by atoms with Crippen LogP contribution in [-0.2, 0) is 0 Å². The number of anilines is 3. The first-order chi connectivity index (χ1) is 17.1. The number of hydrogen-bond donors (Lipinski definition) is 3. The molecule has 0 unspecified atom stereocenters. The molecule has 0 aliphatic heterocycles. The van der Waals surface area contributed by atoms with E-state index in [4.69, 9.17) is 0 Å². The fourth-order valence-corrected chi connectivity index (χ4v) is 4.29. The van der Waals surface area contributed by atoms with Crippen LogP contribution in [0.5, 0.6) is 5.75 Å². The van der Waals surface area contributed by atoms with Crippen molar-refractivity contribution < 1.29 is 9.90 Å². The molecule has 1 heterocycles. The van der Waals surface area contributed by atoms with E-state index in [1.165, 1.54) is 17.6 Å². The van der Waals surface area contributed by atoms with Crippen LogP contribution in [0.2, 0.25) is 0 Å². The fourth-order valence-electron chi connectivity index (χ4n) is 3.55. The number of nitrogens with one attached hydrogen (secondary N) is 2. The number of phenols is 1. The number of rotatable bonds is 9. The van der Waals surface area contributed by atoms with Gasteiger partial charge in [-0.05, 0) is 50.2 Å². The van der Waals surface area contributed by atoms with Gasteiger partial charge in [0.1, 0.15) is 5.75 Å². The summed E-state index contributed by atoms with van der Waals surface area (Å²) < 4.78 is 0. The number of thiazole rings is 1. The minimum absolute atomic E-state index is 0.112. The van der Waals surface area contributed by atoms with Crippen molar-refractivity contribution in [2.75, 3.05) is 23.3 Å². The van der Waals surface area contributed by atoms with Crippen LogP contribution in [0.3, 0.4) is 0 Å². The second kappa shape index (κ2) is 11.3. The Hall–Kier alpha value is -4.17. The predicted molar refractivity (Wildman–Crippen MR) is 144 cm³/mol. The number of aromatic hydroxyl groups is 1. The van der Waals surface area contributed by atoms with Gasteiger partial charge in [-0.2, -0.15) is 5.10 Å². The Kier molecular flexibility index (Phi) is 7.74. The predicted octanol–water partition coefficient (Wildman–Crippen LogP) is 5.87. The number of carbonyl (C=O) groups is 1. The molecule has 0 bridgehead atoms. The molecule has 0 aliphatic carbocycles. The summed E-state index contributed by atoms with van der Waals surface area (Å²) in [6.45, 7) is 5.84. The van der Waals surface area contributed by atoms with E-state index in [1.54, 1.807) is 24.3 Å². The van der Waals surface area contributed by atoms with E-state index in [-0.39, 0.29) is 11.7 Å². The number of nitrogens with zero attached hydrogens (tertiary/aromatic N) is 3. The highest BCUT2D eigenvalue weighted by atomic mass is 32.1. The highest BCUT2D eigenvalue weighted by Gasteiger charge is 2.08. The lowest BCUT2D eigenvalue weighted by molar-refractivity contribution is 0.0955. The highest BCUT2D eigenvalue weighted by Crippen LogP contribution is 2.27. The fraction of sp³-hybridized carbons (Fsp3) is 0.148. The van der Waals surface area contributed by atoms with Crippen LogP contribution in [0.15, 0.2) is 83.3 Å². The van der Waals surface area contributed by atoms with Crippen molar-refractivity contribution in [1.29, 1.82) is 0 Å². The zero-order valence-electron chi connectivity index (χ0n) is 19.6. The van der Waals surface area contributed by atoms with Gasteiger partial charge in [0, 0.05) is 52.6 Å². The Morgan fingerprint density at radius 3 is 2.49 bits per heavy atom. The molecule has 35 heavy (non-hydrogen) atoms. The van der Waals surface area contributed by atoms with Gasteiger partial charge in [-0.1, -0.05) is 30.3 Å². The number of aromatic nitrogens is 1. The van der Waals surface area contributed by atoms with Crippen LogP contribution >= 0.6 is 11.3 Å². The van der Waals surface area contributed by atoms with Gasteiger partial charge in [-0.15, -0.1) is 11.3 Å². The van der Waals surface area contributed by atoms with Crippen LogP contribution < -0.4 is 15.6 Å². The summed E-state index contributed by atoms with van der Waals surface area (Å²) in [6, 6.07) is 22.5. The molecule has 0 radical (unpaired) electrons. The molecule has 3 N–H and O–H groups in total. The van der Waals surface area contributed by atoms with Crippen molar-refractivity contribution in [2.24, 2.45) is 5.10 Å². The second-order valence-corrected chi connectivity index (χ2v) is 8.58. The molecule has 0 aliphatic rings. The Morgan fingerprint density at radius 1 is 1.06 bits per heavy atom. The normalized spacial score (nSPS) is 10.9. The van der Waals surface area contributed by atoms with Gasteiger partial charge < -0.3 is 15.3 Å². The zero-order chi connectivity index (χ0) is 24.6. The largest absolute Gasteiger partial charge is 0.507 e. The first-order valence-electron chi connectivity index (χ1n) is 11.4. The third kappa shape index (κ3) is 6.04. The molecule has 0 atom stereocenters. The van der Waals surface area contributed by atoms with E-state index in [1.807, 2.05) is 53.9 Å². The summed E-state index contributed by atoms with van der Waals surface area (Å²) in [6.07, 6.45) is 1.43. The van der Waals surface area contributed by atoms with E-state index in [2.05, 4.69) is 39.6 Å². The standard InChI is InChI=1S/C27H27N5O2S/c1-3-32(4-2)23-15-12-21(25(33)16-23)17-28-31-26(34)20-10-13-22(14-11-20)29-27-30-24(18-35-27)19-8-6-5-7-9-19/h5-18,33H,3-4H2,1-2H3,(H,29,30)(H,31,34)/b28-17+. The minimum atomic E-state index is -0.340. The van der Waals surface area contributed by atoms with Crippen molar-refractivity contribution in [2.45, 2.75) is 13.8 Å². The average molecular weight is 486 g/mol. The molecule has 4 rings (SSSR count). The maximum absolute atomic E-state index is 12.4. The van der Waals surface area contributed by atoms with Crippen LogP contribution in [0.1, 0.15) is 29.8 Å². The van der Waals surface area contributed by atoms with Gasteiger partial charge in [0.2, 0.25) is 0 Å². The summed E-state index contributed by atoms with van der Waals surface area (Å²) in [5, 5.41) is 20.3. The van der Waals surface area contributed by atoms with Crippen LogP contribution in [-0.4, -0.2) is 35.3 Å². The molecule has 0 spiro atoms. The van der Waals surface area contributed by atoms with E-state index in [0.717, 1.165) is 40.9 Å².